The number of amides is 1. The zero-order valence-corrected chi connectivity index (χ0v) is 15.9. The Kier molecular flexibility index (Phi) is 5.81. The third-order valence-corrected chi connectivity index (χ3v) is 5.85. The van der Waals surface area contributed by atoms with Crippen LogP contribution in [0.15, 0.2) is 76.7 Å². The first-order valence-electron chi connectivity index (χ1n) is 8.39. The number of carbonyl (C=O) groups is 1. The van der Waals surface area contributed by atoms with Crippen molar-refractivity contribution in [3.63, 3.8) is 0 Å². The van der Waals surface area contributed by atoms with Gasteiger partial charge < -0.3 is 0 Å². The molecule has 0 aliphatic heterocycles. The number of sulfonamides is 1. The molecule has 3 rings (SSSR count). The molecule has 0 unspecified atom stereocenters. The minimum atomic E-state index is -3.84. The maximum atomic E-state index is 13.1. The van der Waals surface area contributed by atoms with Crippen molar-refractivity contribution in [2.24, 2.45) is 5.10 Å². The fraction of sp³-hybridized carbons (Fsp3) is 0.100. The summed E-state index contributed by atoms with van der Waals surface area (Å²) in [7, 11) is -2.52. The number of halogens is 1. The summed E-state index contributed by atoms with van der Waals surface area (Å²) < 4.78 is 39.5. The van der Waals surface area contributed by atoms with Crippen molar-refractivity contribution in [3.8, 4) is 0 Å². The molecule has 0 aliphatic carbocycles. The van der Waals surface area contributed by atoms with E-state index < -0.39 is 28.3 Å². The van der Waals surface area contributed by atoms with Crippen molar-refractivity contribution >= 4 is 32.9 Å². The Morgan fingerprint density at radius 3 is 2.57 bits per heavy atom. The van der Waals surface area contributed by atoms with E-state index in [9.17, 15) is 17.6 Å². The van der Waals surface area contributed by atoms with Crippen molar-refractivity contribution in [2.45, 2.75) is 4.90 Å². The summed E-state index contributed by atoms with van der Waals surface area (Å²) in [6.07, 6.45) is 1.28. The highest BCUT2D eigenvalue weighted by Gasteiger charge is 2.23. The van der Waals surface area contributed by atoms with E-state index in [0.29, 0.717) is 5.56 Å². The first kappa shape index (κ1) is 19.7. The van der Waals surface area contributed by atoms with Crippen LogP contribution in [0.4, 0.5) is 4.39 Å². The average molecular weight is 399 g/mol. The van der Waals surface area contributed by atoms with Gasteiger partial charge in [-0.3, -0.25) is 4.79 Å². The third-order valence-electron chi connectivity index (χ3n) is 4.05. The lowest BCUT2D eigenvalue weighted by Crippen LogP contribution is -2.36. The van der Waals surface area contributed by atoms with Gasteiger partial charge in [0, 0.05) is 7.05 Å². The van der Waals surface area contributed by atoms with Crippen molar-refractivity contribution < 1.29 is 17.6 Å². The van der Waals surface area contributed by atoms with E-state index in [1.165, 1.54) is 37.5 Å². The van der Waals surface area contributed by atoms with E-state index in [2.05, 4.69) is 10.5 Å². The third kappa shape index (κ3) is 4.59. The van der Waals surface area contributed by atoms with Crippen molar-refractivity contribution in [1.29, 1.82) is 0 Å². The predicted octanol–water partition coefficient (Wildman–Crippen LogP) is 2.75. The molecule has 0 saturated heterocycles. The number of benzene rings is 3. The van der Waals surface area contributed by atoms with Gasteiger partial charge in [0.25, 0.3) is 5.91 Å². The Labute approximate surface area is 162 Å². The number of hydrazone groups is 1. The van der Waals surface area contributed by atoms with E-state index in [0.717, 1.165) is 15.1 Å². The molecule has 0 aromatic heterocycles. The highest BCUT2D eigenvalue weighted by atomic mass is 32.2. The summed E-state index contributed by atoms with van der Waals surface area (Å²) in [5.41, 5.74) is 2.71. The summed E-state index contributed by atoms with van der Waals surface area (Å²) in [5, 5.41) is 5.44. The highest BCUT2D eigenvalue weighted by Crippen LogP contribution is 2.21. The van der Waals surface area contributed by atoms with Crippen LogP contribution in [0.5, 0.6) is 0 Å². The quantitative estimate of drug-likeness (QED) is 0.511. The fourth-order valence-corrected chi connectivity index (χ4v) is 3.76. The zero-order valence-electron chi connectivity index (χ0n) is 15.0. The SMILES string of the molecule is CN(CC(=O)NN=Cc1cccc(F)c1)S(=O)(=O)c1ccc2ccccc2c1. The number of rotatable bonds is 6. The molecular weight excluding hydrogens is 381 g/mol. The number of nitrogens with one attached hydrogen (secondary N) is 1. The van der Waals surface area contributed by atoms with Gasteiger partial charge in [0.1, 0.15) is 5.82 Å². The van der Waals surface area contributed by atoms with Crippen LogP contribution in [0, 0.1) is 5.82 Å². The van der Waals surface area contributed by atoms with Crippen molar-refractivity contribution in [3.05, 3.63) is 78.1 Å². The van der Waals surface area contributed by atoms with Gasteiger partial charge in [0.05, 0.1) is 17.7 Å². The molecule has 144 valence electrons. The predicted molar refractivity (Wildman–Crippen MR) is 106 cm³/mol. The van der Waals surface area contributed by atoms with Gasteiger partial charge in [-0.15, -0.1) is 0 Å². The van der Waals surface area contributed by atoms with Gasteiger partial charge >= 0.3 is 0 Å². The molecule has 8 heteroatoms. The summed E-state index contributed by atoms with van der Waals surface area (Å²) in [4.78, 5) is 12.1. The van der Waals surface area contributed by atoms with Crippen LogP contribution >= 0.6 is 0 Å². The summed E-state index contributed by atoms with van der Waals surface area (Å²) in [6, 6.07) is 17.9. The monoisotopic (exact) mass is 399 g/mol. The fourth-order valence-electron chi connectivity index (χ4n) is 2.60. The molecular formula is C20H18FN3O3S. The van der Waals surface area contributed by atoms with E-state index in [1.807, 2.05) is 24.3 Å². The molecule has 3 aromatic rings. The zero-order chi connectivity index (χ0) is 20.1. The second-order valence-corrected chi connectivity index (χ2v) is 8.16. The maximum absolute atomic E-state index is 13.1. The molecule has 0 radical (unpaired) electrons. The Morgan fingerprint density at radius 2 is 1.82 bits per heavy atom. The van der Waals surface area contributed by atoms with Crippen LogP contribution in [-0.2, 0) is 14.8 Å². The van der Waals surface area contributed by atoms with Crippen molar-refractivity contribution in [1.82, 2.24) is 9.73 Å². The number of carbonyl (C=O) groups excluding carboxylic acids is 1. The Hall–Kier alpha value is -3.10. The van der Waals surface area contributed by atoms with Crippen LogP contribution in [-0.4, -0.2) is 38.4 Å². The number of likely N-dealkylation sites (N-methyl/N-ethyl adjacent to an activating group) is 1. The largest absolute Gasteiger partial charge is 0.272 e. The number of hydrogen-bond donors (Lipinski definition) is 1. The lowest BCUT2D eigenvalue weighted by Gasteiger charge is -2.16. The minimum absolute atomic E-state index is 0.102. The van der Waals surface area contributed by atoms with E-state index in [1.54, 1.807) is 18.2 Å². The molecule has 0 bridgehead atoms. The number of hydrogen-bond acceptors (Lipinski definition) is 4. The lowest BCUT2D eigenvalue weighted by molar-refractivity contribution is -0.121. The molecule has 1 N–H and O–H groups in total. The topological polar surface area (TPSA) is 78.8 Å². The normalized spacial score (nSPS) is 12.0. The van der Waals surface area contributed by atoms with Gasteiger partial charge in [-0.05, 0) is 40.6 Å². The number of fused-ring (bicyclic) bond motifs is 1. The van der Waals surface area contributed by atoms with Crippen LogP contribution in [0.2, 0.25) is 0 Å². The minimum Gasteiger partial charge on any atom is -0.272 e. The standard InChI is InChI=1S/C20H18FN3O3S/c1-24(14-20(25)23-22-13-15-5-4-8-18(21)11-15)28(26,27)19-10-9-16-6-2-3-7-17(16)12-19/h2-13H,14H2,1H3,(H,23,25). The first-order chi connectivity index (χ1) is 13.4. The smallest absolute Gasteiger partial charge is 0.255 e. The molecule has 28 heavy (non-hydrogen) atoms. The molecule has 0 fully saturated rings. The first-order valence-corrected chi connectivity index (χ1v) is 9.83. The number of nitrogens with zero attached hydrogens (tertiary/aromatic N) is 2. The van der Waals surface area contributed by atoms with Crippen molar-refractivity contribution in [2.75, 3.05) is 13.6 Å². The van der Waals surface area contributed by atoms with Gasteiger partial charge in [-0.25, -0.2) is 18.2 Å². The summed E-state index contributed by atoms with van der Waals surface area (Å²) in [5.74, 6) is -1.03. The molecule has 1 amide bonds. The summed E-state index contributed by atoms with van der Waals surface area (Å²) >= 11 is 0. The Balaban J connectivity index is 1.66. The average Bonchev–Trinajstić information content (AvgIpc) is 2.67. The Bertz CT molecular complexity index is 1150. The summed E-state index contributed by atoms with van der Waals surface area (Å²) in [6.45, 7) is -0.407. The van der Waals surface area contributed by atoms with Gasteiger partial charge in [-0.2, -0.15) is 9.41 Å². The second-order valence-electron chi connectivity index (χ2n) is 6.12. The molecule has 3 aromatic carbocycles. The van der Waals surface area contributed by atoms with E-state index >= 15 is 0 Å². The van der Waals surface area contributed by atoms with Gasteiger partial charge in [0.2, 0.25) is 10.0 Å². The van der Waals surface area contributed by atoms with Gasteiger partial charge in [-0.1, -0.05) is 42.5 Å². The molecule has 0 saturated carbocycles. The maximum Gasteiger partial charge on any atom is 0.255 e. The van der Waals surface area contributed by atoms with E-state index in [4.69, 9.17) is 0 Å². The molecule has 0 heterocycles. The highest BCUT2D eigenvalue weighted by molar-refractivity contribution is 7.89. The van der Waals surface area contributed by atoms with Crippen LogP contribution < -0.4 is 5.43 Å². The van der Waals surface area contributed by atoms with Crippen LogP contribution in [0.25, 0.3) is 10.8 Å². The van der Waals surface area contributed by atoms with E-state index in [-0.39, 0.29) is 4.90 Å². The second kappa shape index (κ2) is 8.28. The molecule has 0 spiro atoms. The van der Waals surface area contributed by atoms with Gasteiger partial charge in [0.15, 0.2) is 0 Å². The molecule has 0 atom stereocenters. The lowest BCUT2D eigenvalue weighted by atomic mass is 10.1. The molecule has 0 aliphatic rings. The van der Waals surface area contributed by atoms with Crippen LogP contribution in [0.3, 0.4) is 0 Å². The Morgan fingerprint density at radius 1 is 1.07 bits per heavy atom. The van der Waals surface area contributed by atoms with Crippen LogP contribution in [0.1, 0.15) is 5.56 Å². The molecule has 6 nitrogen and oxygen atoms in total.